The molecule has 8 heteroatoms. The van der Waals surface area contributed by atoms with Crippen molar-refractivity contribution in [1.82, 2.24) is 24.6 Å². The maximum atomic E-state index is 13.3. The van der Waals surface area contributed by atoms with Crippen LogP contribution in [0, 0.1) is 0 Å². The summed E-state index contributed by atoms with van der Waals surface area (Å²) in [5, 5.41) is 4.45. The lowest BCUT2D eigenvalue weighted by molar-refractivity contribution is 0.0534. The highest BCUT2D eigenvalue weighted by Crippen LogP contribution is 2.24. The first-order valence-electron chi connectivity index (χ1n) is 10.7. The molecule has 3 heterocycles. The Kier molecular flexibility index (Phi) is 6.20. The minimum atomic E-state index is -0.0654. The maximum Gasteiger partial charge on any atom is 0.257 e. The molecule has 4 rings (SSSR count). The zero-order valence-corrected chi connectivity index (χ0v) is 18.6. The van der Waals surface area contributed by atoms with Gasteiger partial charge in [0, 0.05) is 37.9 Å². The fourth-order valence-corrected chi connectivity index (χ4v) is 3.96. The Bertz CT molecular complexity index is 1100. The van der Waals surface area contributed by atoms with Gasteiger partial charge in [0.05, 0.1) is 24.6 Å². The SMILES string of the molecule is COc1cccc(C(=O)N2CCN(C(=O)c3cnn(-c4ccccn4)c3C(C)C)CC2)c1. The summed E-state index contributed by atoms with van der Waals surface area (Å²) >= 11 is 0. The minimum absolute atomic E-state index is 0.0539. The summed E-state index contributed by atoms with van der Waals surface area (Å²) in [5.74, 6) is 1.31. The summed E-state index contributed by atoms with van der Waals surface area (Å²) in [6.45, 7) is 5.98. The van der Waals surface area contributed by atoms with Gasteiger partial charge >= 0.3 is 0 Å². The van der Waals surface area contributed by atoms with Crippen LogP contribution in [-0.2, 0) is 0 Å². The van der Waals surface area contributed by atoms with Gasteiger partial charge in [0.2, 0.25) is 0 Å². The van der Waals surface area contributed by atoms with Gasteiger partial charge in [0.15, 0.2) is 5.82 Å². The molecule has 1 aliphatic rings. The van der Waals surface area contributed by atoms with Crippen molar-refractivity contribution in [3.63, 3.8) is 0 Å². The van der Waals surface area contributed by atoms with Crippen molar-refractivity contribution in [2.45, 2.75) is 19.8 Å². The molecule has 0 N–H and O–H groups in total. The average Bonchev–Trinajstić information content (AvgIpc) is 3.29. The molecule has 1 saturated heterocycles. The monoisotopic (exact) mass is 433 g/mol. The molecule has 0 radical (unpaired) electrons. The number of nitrogens with zero attached hydrogens (tertiary/aromatic N) is 5. The first-order valence-corrected chi connectivity index (χ1v) is 10.7. The molecule has 1 aliphatic heterocycles. The molecular formula is C24H27N5O3. The number of amides is 2. The molecule has 0 aliphatic carbocycles. The molecule has 32 heavy (non-hydrogen) atoms. The number of piperazine rings is 1. The highest BCUT2D eigenvalue weighted by Gasteiger charge is 2.29. The maximum absolute atomic E-state index is 13.3. The minimum Gasteiger partial charge on any atom is -0.497 e. The number of hydrogen-bond acceptors (Lipinski definition) is 5. The molecule has 1 fully saturated rings. The third-order valence-electron chi connectivity index (χ3n) is 5.62. The van der Waals surface area contributed by atoms with Crippen molar-refractivity contribution in [2.75, 3.05) is 33.3 Å². The number of benzene rings is 1. The number of methoxy groups -OCH3 is 1. The lowest BCUT2D eigenvalue weighted by Crippen LogP contribution is -2.50. The Labute approximate surface area is 187 Å². The molecule has 166 valence electrons. The van der Waals surface area contributed by atoms with Gasteiger partial charge in [-0.2, -0.15) is 5.10 Å². The average molecular weight is 434 g/mol. The van der Waals surface area contributed by atoms with Crippen LogP contribution in [0.3, 0.4) is 0 Å². The van der Waals surface area contributed by atoms with Crippen LogP contribution in [0.5, 0.6) is 5.75 Å². The normalized spacial score (nSPS) is 14.0. The van der Waals surface area contributed by atoms with Gasteiger partial charge in [-0.1, -0.05) is 26.0 Å². The summed E-state index contributed by atoms with van der Waals surface area (Å²) in [6.07, 6.45) is 3.33. The molecule has 0 atom stereocenters. The molecule has 0 saturated carbocycles. The Morgan fingerprint density at radius 3 is 2.31 bits per heavy atom. The first kappa shape index (κ1) is 21.5. The van der Waals surface area contributed by atoms with E-state index in [1.54, 1.807) is 52.2 Å². The largest absolute Gasteiger partial charge is 0.497 e. The molecule has 8 nitrogen and oxygen atoms in total. The zero-order chi connectivity index (χ0) is 22.7. The standard InChI is InChI=1S/C24H27N5O3/c1-17(2)22-20(16-26-29(22)21-9-4-5-10-25-21)24(31)28-13-11-27(12-14-28)23(30)18-7-6-8-19(15-18)32-3/h4-10,15-17H,11-14H2,1-3H3. The first-order chi connectivity index (χ1) is 15.5. The van der Waals surface area contributed by atoms with E-state index in [9.17, 15) is 9.59 Å². The van der Waals surface area contributed by atoms with Crippen LogP contribution in [0.4, 0.5) is 0 Å². The molecule has 0 bridgehead atoms. The van der Waals surface area contributed by atoms with Crippen LogP contribution in [0.15, 0.2) is 54.9 Å². The fraction of sp³-hybridized carbons (Fsp3) is 0.333. The molecule has 0 unspecified atom stereocenters. The van der Waals surface area contributed by atoms with Crippen molar-refractivity contribution in [3.05, 3.63) is 71.7 Å². The second-order valence-corrected chi connectivity index (χ2v) is 8.01. The van der Waals surface area contributed by atoms with Gasteiger partial charge in [-0.15, -0.1) is 0 Å². The van der Waals surface area contributed by atoms with E-state index in [2.05, 4.69) is 10.1 Å². The second-order valence-electron chi connectivity index (χ2n) is 8.01. The highest BCUT2D eigenvalue weighted by atomic mass is 16.5. The van der Waals surface area contributed by atoms with E-state index in [1.165, 1.54) is 0 Å². The summed E-state index contributed by atoms with van der Waals surface area (Å²) in [6, 6.07) is 12.7. The number of carbonyl (C=O) groups is 2. The van der Waals surface area contributed by atoms with E-state index in [0.717, 1.165) is 5.69 Å². The molecule has 0 spiro atoms. The van der Waals surface area contributed by atoms with Gasteiger partial charge in [-0.25, -0.2) is 9.67 Å². The number of aromatic nitrogens is 3. The topological polar surface area (TPSA) is 80.6 Å². The predicted molar refractivity (Wildman–Crippen MR) is 120 cm³/mol. The van der Waals surface area contributed by atoms with Crippen molar-refractivity contribution in [1.29, 1.82) is 0 Å². The zero-order valence-electron chi connectivity index (χ0n) is 18.6. The van der Waals surface area contributed by atoms with Gasteiger partial charge in [-0.3, -0.25) is 9.59 Å². The van der Waals surface area contributed by atoms with Crippen LogP contribution in [0.25, 0.3) is 5.82 Å². The van der Waals surface area contributed by atoms with E-state index in [1.807, 2.05) is 38.1 Å². The van der Waals surface area contributed by atoms with Crippen molar-refractivity contribution in [2.24, 2.45) is 0 Å². The van der Waals surface area contributed by atoms with Gasteiger partial charge < -0.3 is 14.5 Å². The van der Waals surface area contributed by atoms with Crippen LogP contribution in [0.1, 0.15) is 46.2 Å². The molecule has 3 aromatic rings. The Hall–Kier alpha value is -3.68. The van der Waals surface area contributed by atoms with Crippen LogP contribution < -0.4 is 4.74 Å². The van der Waals surface area contributed by atoms with Gasteiger partial charge in [0.1, 0.15) is 5.75 Å². The number of ether oxygens (including phenoxy) is 1. The van der Waals surface area contributed by atoms with Gasteiger partial charge in [0.25, 0.3) is 11.8 Å². The van der Waals surface area contributed by atoms with Crippen molar-refractivity contribution >= 4 is 11.8 Å². The smallest absolute Gasteiger partial charge is 0.257 e. The second kappa shape index (κ2) is 9.21. The molecular weight excluding hydrogens is 406 g/mol. The number of pyridine rings is 1. The Balaban J connectivity index is 1.48. The van der Waals surface area contributed by atoms with E-state index < -0.39 is 0 Å². The molecule has 2 amide bonds. The summed E-state index contributed by atoms with van der Waals surface area (Å²) in [7, 11) is 1.58. The predicted octanol–water partition coefficient (Wildman–Crippen LogP) is 3.00. The van der Waals surface area contributed by atoms with Crippen LogP contribution in [0.2, 0.25) is 0 Å². The lowest BCUT2D eigenvalue weighted by Gasteiger charge is -2.35. The van der Waals surface area contributed by atoms with Crippen LogP contribution >= 0.6 is 0 Å². The van der Waals surface area contributed by atoms with E-state index >= 15 is 0 Å². The van der Waals surface area contributed by atoms with Crippen molar-refractivity contribution < 1.29 is 14.3 Å². The Morgan fingerprint density at radius 1 is 0.969 bits per heavy atom. The number of hydrogen-bond donors (Lipinski definition) is 0. The highest BCUT2D eigenvalue weighted by molar-refractivity contribution is 5.97. The van der Waals surface area contributed by atoms with Crippen molar-refractivity contribution in [3.8, 4) is 11.6 Å². The van der Waals surface area contributed by atoms with E-state index in [0.29, 0.717) is 48.9 Å². The van der Waals surface area contributed by atoms with E-state index in [4.69, 9.17) is 4.74 Å². The quantitative estimate of drug-likeness (QED) is 0.618. The fourth-order valence-electron chi connectivity index (χ4n) is 3.96. The van der Waals surface area contributed by atoms with Gasteiger partial charge in [-0.05, 0) is 36.2 Å². The molecule has 1 aromatic carbocycles. The van der Waals surface area contributed by atoms with Crippen LogP contribution in [-0.4, -0.2) is 69.7 Å². The summed E-state index contributed by atoms with van der Waals surface area (Å²) in [5.41, 5.74) is 2.00. The Morgan fingerprint density at radius 2 is 1.69 bits per heavy atom. The third kappa shape index (κ3) is 4.21. The lowest BCUT2D eigenvalue weighted by atomic mass is 10.0. The van der Waals surface area contributed by atoms with E-state index in [-0.39, 0.29) is 17.7 Å². The summed E-state index contributed by atoms with van der Waals surface area (Å²) < 4.78 is 6.95. The molecule has 2 aromatic heterocycles. The number of carbonyl (C=O) groups excluding carboxylic acids is 2. The summed E-state index contributed by atoms with van der Waals surface area (Å²) in [4.78, 5) is 34.1. The third-order valence-corrected chi connectivity index (χ3v) is 5.62. The number of rotatable bonds is 5.